The van der Waals surface area contributed by atoms with Gasteiger partial charge in [-0.25, -0.2) is 0 Å². The van der Waals surface area contributed by atoms with Crippen LogP contribution in [0.1, 0.15) is 91.2 Å². The van der Waals surface area contributed by atoms with Crippen molar-refractivity contribution in [2.75, 3.05) is 27.4 Å². The van der Waals surface area contributed by atoms with Gasteiger partial charge in [-0.05, 0) is 112 Å². The standard InChI is InChI=1S/2C21H24N2O3/c1-3-26-14-4-5-15-16(12-14)19-17(6-7-18(24)21(19)25-2)23-20(15)13-8-10-22-11-9-13;1-3-26-20-10-15-16-9-14(24)6-7-18(16)23-21(13-5-4-8-22-12-13)17(15)11-19(20)25-2/h4-5,8-12,17-19,21,24H,3,6-7H2,1-2H3;4-5,8,10-12,14,16,18,24H,3,6-7,9H2,1-2H3. The number of hydrogen-bond acceptors (Lipinski definition) is 10. The van der Waals surface area contributed by atoms with E-state index in [4.69, 9.17) is 28.9 Å². The molecule has 2 aromatic heterocycles. The van der Waals surface area contributed by atoms with Crippen LogP contribution in [0.2, 0.25) is 0 Å². The van der Waals surface area contributed by atoms with Crippen LogP contribution in [0.25, 0.3) is 0 Å². The van der Waals surface area contributed by atoms with Gasteiger partial charge >= 0.3 is 0 Å². The molecule has 7 atom stereocenters. The highest BCUT2D eigenvalue weighted by Crippen LogP contribution is 2.46. The summed E-state index contributed by atoms with van der Waals surface area (Å²) >= 11 is 0. The summed E-state index contributed by atoms with van der Waals surface area (Å²) in [6, 6.07) is 18.5. The number of aliphatic imine (C=N–C) groups is 2. The first-order valence-electron chi connectivity index (χ1n) is 18.4. The number of aliphatic hydroxyl groups is 2. The number of rotatable bonds is 8. The monoisotopic (exact) mass is 704 g/mol. The third kappa shape index (κ3) is 7.07. The summed E-state index contributed by atoms with van der Waals surface area (Å²) in [7, 11) is 3.32. The first kappa shape index (κ1) is 35.7. The minimum Gasteiger partial charge on any atom is -0.494 e. The lowest BCUT2D eigenvalue weighted by Gasteiger charge is -2.42. The largest absolute Gasteiger partial charge is 0.494 e. The van der Waals surface area contributed by atoms with Gasteiger partial charge in [-0.15, -0.1) is 0 Å². The van der Waals surface area contributed by atoms with Crippen molar-refractivity contribution >= 4 is 11.4 Å². The second-order valence-corrected chi connectivity index (χ2v) is 13.7. The van der Waals surface area contributed by atoms with E-state index in [1.54, 1.807) is 32.8 Å². The molecule has 2 aliphatic carbocycles. The second-order valence-electron chi connectivity index (χ2n) is 13.7. The Morgan fingerprint density at radius 1 is 0.712 bits per heavy atom. The third-order valence-corrected chi connectivity index (χ3v) is 10.7. The molecule has 52 heavy (non-hydrogen) atoms. The van der Waals surface area contributed by atoms with Crippen LogP contribution in [0.4, 0.5) is 0 Å². The predicted octanol–water partition coefficient (Wildman–Crippen LogP) is 6.29. The first-order chi connectivity index (χ1) is 25.4. The Morgan fingerprint density at radius 3 is 2.21 bits per heavy atom. The number of fused-ring (bicyclic) bond motifs is 6. The van der Waals surface area contributed by atoms with Crippen LogP contribution in [0.3, 0.4) is 0 Å². The van der Waals surface area contributed by atoms with Crippen LogP contribution in [0, 0.1) is 0 Å². The quantitative estimate of drug-likeness (QED) is 0.219. The molecule has 4 aliphatic rings. The summed E-state index contributed by atoms with van der Waals surface area (Å²) in [5.41, 5.74) is 8.46. The highest BCUT2D eigenvalue weighted by atomic mass is 16.5. The maximum atomic E-state index is 10.5. The van der Waals surface area contributed by atoms with E-state index in [9.17, 15) is 10.2 Å². The summed E-state index contributed by atoms with van der Waals surface area (Å²) in [5, 5.41) is 20.7. The number of benzene rings is 2. The summed E-state index contributed by atoms with van der Waals surface area (Å²) in [6.45, 7) is 5.15. The zero-order chi connectivity index (χ0) is 36.2. The topological polar surface area (TPSA) is 128 Å². The number of ether oxygens (including phenoxy) is 4. The lowest BCUT2D eigenvalue weighted by molar-refractivity contribution is -0.0544. The number of hydrogen-bond donors (Lipinski definition) is 2. The Labute approximate surface area is 305 Å². The lowest BCUT2D eigenvalue weighted by atomic mass is 9.72. The van der Waals surface area contributed by atoms with Gasteiger partial charge in [0.1, 0.15) is 5.75 Å². The van der Waals surface area contributed by atoms with Gasteiger partial charge in [0.2, 0.25) is 0 Å². The Kier molecular flexibility index (Phi) is 11.0. The SMILES string of the molecule is CCOc1cc2c(cc1OC)C(c1cccnc1)=NC1CCC(O)CC21.CCOc1ccc2c(c1)C1C(CCC(O)C1OC)N=C2c1ccncc1. The normalized spacial score (nSPS) is 25.8. The molecule has 10 heteroatoms. The van der Waals surface area contributed by atoms with Crippen molar-refractivity contribution in [3.63, 3.8) is 0 Å². The fourth-order valence-electron chi connectivity index (χ4n) is 8.35. The van der Waals surface area contributed by atoms with Crippen molar-refractivity contribution in [3.05, 3.63) is 113 Å². The molecule has 10 nitrogen and oxygen atoms in total. The van der Waals surface area contributed by atoms with Crippen molar-refractivity contribution in [2.45, 2.75) is 88.2 Å². The molecule has 7 unspecified atom stereocenters. The highest BCUT2D eigenvalue weighted by Gasteiger charge is 2.44. The molecular formula is C42H48N4O6. The molecule has 4 aromatic rings. The van der Waals surface area contributed by atoms with Gasteiger partial charge in [-0.2, -0.15) is 0 Å². The van der Waals surface area contributed by atoms with Crippen molar-refractivity contribution in [2.24, 2.45) is 9.98 Å². The van der Waals surface area contributed by atoms with Gasteiger partial charge < -0.3 is 29.2 Å². The van der Waals surface area contributed by atoms with Crippen molar-refractivity contribution < 1.29 is 29.2 Å². The van der Waals surface area contributed by atoms with Gasteiger partial charge in [-0.1, -0.05) is 0 Å². The Bertz CT molecular complexity index is 1900. The number of methoxy groups -OCH3 is 2. The molecule has 272 valence electrons. The average Bonchev–Trinajstić information content (AvgIpc) is 3.18. The molecule has 0 radical (unpaired) electrons. The van der Waals surface area contributed by atoms with E-state index in [1.165, 1.54) is 5.56 Å². The van der Waals surface area contributed by atoms with Crippen LogP contribution < -0.4 is 14.2 Å². The molecule has 0 saturated heterocycles. The second kappa shape index (κ2) is 15.9. The summed E-state index contributed by atoms with van der Waals surface area (Å²) in [5.74, 6) is 2.54. The van der Waals surface area contributed by atoms with Crippen molar-refractivity contribution in [1.82, 2.24) is 9.97 Å². The van der Waals surface area contributed by atoms with E-state index in [2.05, 4.69) is 28.2 Å². The molecule has 8 rings (SSSR count). The van der Waals surface area contributed by atoms with Gasteiger partial charge in [0.05, 0.1) is 62.1 Å². The van der Waals surface area contributed by atoms with E-state index >= 15 is 0 Å². The van der Waals surface area contributed by atoms with Crippen molar-refractivity contribution in [3.8, 4) is 17.2 Å². The van der Waals surface area contributed by atoms with E-state index in [0.29, 0.717) is 25.4 Å². The molecule has 2 saturated carbocycles. The van der Waals surface area contributed by atoms with Gasteiger partial charge in [-0.3, -0.25) is 20.0 Å². The average molecular weight is 705 g/mol. The maximum Gasteiger partial charge on any atom is 0.161 e. The minimum atomic E-state index is -0.470. The number of nitrogens with zero attached hydrogens (tertiary/aromatic N) is 4. The highest BCUT2D eigenvalue weighted by molar-refractivity contribution is 6.15. The minimum absolute atomic E-state index is 0.0322. The van der Waals surface area contributed by atoms with E-state index < -0.39 is 6.10 Å². The van der Waals surface area contributed by atoms with Crippen LogP contribution in [-0.2, 0) is 4.74 Å². The molecule has 2 N–H and O–H groups in total. The summed E-state index contributed by atoms with van der Waals surface area (Å²) in [4.78, 5) is 18.5. The van der Waals surface area contributed by atoms with Gasteiger partial charge in [0, 0.05) is 66.0 Å². The molecule has 0 amide bonds. The van der Waals surface area contributed by atoms with E-state index in [1.807, 2.05) is 56.4 Å². The molecule has 2 fully saturated rings. The summed E-state index contributed by atoms with van der Waals surface area (Å²) in [6.07, 6.45) is 10.2. The molecular weight excluding hydrogens is 656 g/mol. The number of aromatic nitrogens is 2. The first-order valence-corrected chi connectivity index (χ1v) is 18.4. The van der Waals surface area contributed by atoms with Crippen LogP contribution in [0.15, 0.2) is 89.4 Å². The predicted molar refractivity (Wildman–Crippen MR) is 200 cm³/mol. The summed E-state index contributed by atoms with van der Waals surface area (Å²) < 4.78 is 22.8. The fraction of sp³-hybridized carbons (Fsp3) is 0.429. The third-order valence-electron chi connectivity index (χ3n) is 10.7. The Morgan fingerprint density at radius 2 is 1.48 bits per heavy atom. The Balaban J connectivity index is 0.000000162. The van der Waals surface area contributed by atoms with Crippen LogP contribution in [-0.4, -0.2) is 89.4 Å². The molecule has 2 aromatic carbocycles. The smallest absolute Gasteiger partial charge is 0.161 e. The molecule has 4 heterocycles. The molecule has 0 spiro atoms. The van der Waals surface area contributed by atoms with Gasteiger partial charge in [0.15, 0.2) is 11.5 Å². The zero-order valence-electron chi connectivity index (χ0n) is 30.3. The molecule has 2 aliphatic heterocycles. The number of pyridine rings is 2. The molecule has 0 bridgehead atoms. The van der Waals surface area contributed by atoms with Crippen LogP contribution in [0.5, 0.6) is 17.2 Å². The van der Waals surface area contributed by atoms with E-state index in [0.717, 1.165) is 76.4 Å². The lowest BCUT2D eigenvalue weighted by Crippen LogP contribution is -2.46. The van der Waals surface area contributed by atoms with E-state index in [-0.39, 0.29) is 36.1 Å². The number of aliphatic hydroxyl groups excluding tert-OH is 2. The fourth-order valence-corrected chi connectivity index (χ4v) is 8.35. The van der Waals surface area contributed by atoms with Gasteiger partial charge in [0.25, 0.3) is 0 Å². The maximum absolute atomic E-state index is 10.5. The Hall–Kier alpha value is -4.64. The van der Waals surface area contributed by atoms with Crippen molar-refractivity contribution in [1.29, 1.82) is 0 Å². The van der Waals surface area contributed by atoms with Crippen LogP contribution >= 0.6 is 0 Å². The zero-order valence-corrected chi connectivity index (χ0v) is 30.3.